The molecule has 0 atom stereocenters. The van der Waals surface area contributed by atoms with E-state index in [1.807, 2.05) is 32.0 Å². The standard InChI is InChI=1S/C21H21ClN2O3/c1-5-12-7-8-14-20(19(12)23(3)4)24(11-18(25)26)17-9-13(6-2)16(22)10-15(17)21(14)27/h6-10H,2,5,11H2,1,3-4H3,(H,25,26). The number of aromatic nitrogens is 1. The zero-order valence-corrected chi connectivity index (χ0v) is 16.3. The number of hydrogen-bond acceptors (Lipinski definition) is 3. The molecule has 2 aromatic carbocycles. The fraction of sp³-hybridized carbons (Fsp3) is 0.238. The Morgan fingerprint density at radius 2 is 2.00 bits per heavy atom. The van der Waals surface area contributed by atoms with E-state index in [2.05, 4.69) is 6.58 Å². The molecule has 140 valence electrons. The molecule has 0 fully saturated rings. The van der Waals surface area contributed by atoms with E-state index in [-0.39, 0.29) is 12.0 Å². The van der Waals surface area contributed by atoms with Crippen LogP contribution in [0.2, 0.25) is 5.02 Å². The van der Waals surface area contributed by atoms with E-state index in [4.69, 9.17) is 11.6 Å². The molecule has 0 aliphatic heterocycles. The molecule has 0 saturated carbocycles. The molecule has 1 aromatic heterocycles. The van der Waals surface area contributed by atoms with Crippen LogP contribution >= 0.6 is 11.6 Å². The highest BCUT2D eigenvalue weighted by atomic mass is 35.5. The van der Waals surface area contributed by atoms with Crippen molar-refractivity contribution in [2.75, 3.05) is 19.0 Å². The number of anilines is 1. The quantitative estimate of drug-likeness (QED) is 0.671. The molecular formula is C21H21ClN2O3. The largest absolute Gasteiger partial charge is 0.480 e. The van der Waals surface area contributed by atoms with Crippen molar-refractivity contribution in [2.24, 2.45) is 0 Å². The van der Waals surface area contributed by atoms with Gasteiger partial charge in [-0.15, -0.1) is 0 Å². The Hall–Kier alpha value is -2.79. The average Bonchev–Trinajstić information content (AvgIpc) is 2.63. The third-order valence-corrected chi connectivity index (χ3v) is 5.07. The molecule has 0 unspecified atom stereocenters. The van der Waals surface area contributed by atoms with Gasteiger partial charge in [-0.25, -0.2) is 0 Å². The number of rotatable bonds is 5. The SMILES string of the molecule is C=Cc1cc2c(cc1Cl)c(=O)c1ccc(CC)c(N(C)C)c1n2CC(=O)O. The van der Waals surface area contributed by atoms with Crippen LogP contribution in [0.3, 0.4) is 0 Å². The van der Waals surface area contributed by atoms with Gasteiger partial charge >= 0.3 is 5.97 Å². The van der Waals surface area contributed by atoms with E-state index >= 15 is 0 Å². The minimum Gasteiger partial charge on any atom is -0.480 e. The summed E-state index contributed by atoms with van der Waals surface area (Å²) in [4.78, 5) is 26.8. The second-order valence-corrected chi connectivity index (χ2v) is 7.03. The van der Waals surface area contributed by atoms with Gasteiger partial charge in [0.1, 0.15) is 6.54 Å². The van der Waals surface area contributed by atoms with Gasteiger partial charge in [0.05, 0.1) is 16.7 Å². The highest BCUT2D eigenvalue weighted by Gasteiger charge is 2.20. The van der Waals surface area contributed by atoms with E-state index < -0.39 is 5.97 Å². The lowest BCUT2D eigenvalue weighted by molar-refractivity contribution is -0.137. The lowest BCUT2D eigenvalue weighted by Gasteiger charge is -2.23. The normalized spacial score (nSPS) is 11.1. The third kappa shape index (κ3) is 3.08. The van der Waals surface area contributed by atoms with Crippen molar-refractivity contribution < 1.29 is 9.90 Å². The monoisotopic (exact) mass is 384 g/mol. The summed E-state index contributed by atoms with van der Waals surface area (Å²) in [6.45, 7) is 5.52. The van der Waals surface area contributed by atoms with Crippen molar-refractivity contribution in [3.05, 3.63) is 57.2 Å². The van der Waals surface area contributed by atoms with Crippen LogP contribution in [-0.2, 0) is 17.8 Å². The molecule has 0 bridgehead atoms. The van der Waals surface area contributed by atoms with Gasteiger partial charge in [0, 0.05) is 29.9 Å². The zero-order valence-electron chi connectivity index (χ0n) is 15.5. The van der Waals surface area contributed by atoms with Gasteiger partial charge in [-0.2, -0.15) is 0 Å². The maximum Gasteiger partial charge on any atom is 0.323 e. The van der Waals surface area contributed by atoms with Crippen LogP contribution in [0.5, 0.6) is 0 Å². The number of hydrogen-bond donors (Lipinski definition) is 1. The molecule has 0 spiro atoms. The first-order valence-corrected chi connectivity index (χ1v) is 9.01. The Labute approximate surface area is 162 Å². The summed E-state index contributed by atoms with van der Waals surface area (Å²) in [5.74, 6) is -0.983. The molecule has 0 amide bonds. The lowest BCUT2D eigenvalue weighted by Crippen LogP contribution is -2.20. The summed E-state index contributed by atoms with van der Waals surface area (Å²) in [7, 11) is 3.79. The van der Waals surface area contributed by atoms with Gasteiger partial charge < -0.3 is 14.6 Å². The molecule has 1 heterocycles. The molecule has 0 aliphatic rings. The number of aryl methyl sites for hydroxylation is 1. The molecule has 0 radical (unpaired) electrons. The minimum absolute atomic E-state index is 0.162. The minimum atomic E-state index is -0.983. The lowest BCUT2D eigenvalue weighted by atomic mass is 10.0. The highest BCUT2D eigenvalue weighted by molar-refractivity contribution is 6.33. The molecule has 3 rings (SSSR count). The van der Waals surface area contributed by atoms with Crippen LogP contribution in [0.15, 0.2) is 35.6 Å². The first kappa shape index (κ1) is 19.0. The van der Waals surface area contributed by atoms with Crippen molar-refractivity contribution in [3.63, 3.8) is 0 Å². The smallest absolute Gasteiger partial charge is 0.323 e. The molecular weight excluding hydrogens is 364 g/mol. The van der Waals surface area contributed by atoms with Crippen LogP contribution < -0.4 is 10.3 Å². The zero-order chi connectivity index (χ0) is 19.9. The van der Waals surface area contributed by atoms with Crippen molar-refractivity contribution in [1.82, 2.24) is 4.57 Å². The summed E-state index contributed by atoms with van der Waals surface area (Å²) in [5, 5.41) is 10.8. The summed E-state index contributed by atoms with van der Waals surface area (Å²) in [6, 6.07) is 7.02. The van der Waals surface area contributed by atoms with Gasteiger partial charge in [-0.05, 0) is 35.7 Å². The fourth-order valence-electron chi connectivity index (χ4n) is 3.57. The van der Waals surface area contributed by atoms with Crippen LogP contribution in [0.1, 0.15) is 18.1 Å². The van der Waals surface area contributed by atoms with E-state index in [9.17, 15) is 14.7 Å². The number of carboxylic acid groups (broad SMARTS) is 1. The molecule has 0 saturated heterocycles. The van der Waals surface area contributed by atoms with Crippen LogP contribution in [-0.4, -0.2) is 29.7 Å². The Kier molecular flexibility index (Phi) is 4.98. The van der Waals surface area contributed by atoms with Crippen LogP contribution in [0.4, 0.5) is 5.69 Å². The number of carbonyl (C=O) groups is 1. The first-order valence-electron chi connectivity index (χ1n) is 8.63. The second kappa shape index (κ2) is 7.08. The molecule has 1 N–H and O–H groups in total. The summed E-state index contributed by atoms with van der Waals surface area (Å²) in [5.41, 5.74) is 3.54. The van der Waals surface area contributed by atoms with Gasteiger partial charge in [0.25, 0.3) is 0 Å². The van der Waals surface area contributed by atoms with Gasteiger partial charge in [-0.1, -0.05) is 37.2 Å². The van der Waals surface area contributed by atoms with E-state index in [0.29, 0.717) is 32.4 Å². The van der Waals surface area contributed by atoms with Crippen LogP contribution in [0.25, 0.3) is 27.9 Å². The first-order chi connectivity index (χ1) is 12.8. The third-order valence-electron chi connectivity index (χ3n) is 4.74. The van der Waals surface area contributed by atoms with E-state index in [1.165, 1.54) is 0 Å². The topological polar surface area (TPSA) is 62.5 Å². The number of carboxylic acids is 1. The molecule has 5 nitrogen and oxygen atoms in total. The molecule has 27 heavy (non-hydrogen) atoms. The molecule has 3 aromatic rings. The fourth-order valence-corrected chi connectivity index (χ4v) is 3.81. The second-order valence-electron chi connectivity index (χ2n) is 6.62. The van der Waals surface area contributed by atoms with Crippen LogP contribution in [0, 0.1) is 0 Å². The predicted molar refractivity (Wildman–Crippen MR) is 112 cm³/mol. The van der Waals surface area contributed by atoms with Gasteiger partial charge in [0.2, 0.25) is 0 Å². The Morgan fingerprint density at radius 3 is 2.56 bits per heavy atom. The number of pyridine rings is 1. The number of nitrogens with zero attached hydrogens (tertiary/aromatic N) is 2. The summed E-state index contributed by atoms with van der Waals surface area (Å²) >= 11 is 6.27. The number of benzene rings is 2. The number of aliphatic carboxylic acids is 1. The van der Waals surface area contributed by atoms with Gasteiger partial charge in [-0.3, -0.25) is 9.59 Å². The maximum absolute atomic E-state index is 13.2. The van der Waals surface area contributed by atoms with Gasteiger partial charge in [0.15, 0.2) is 5.43 Å². The van der Waals surface area contributed by atoms with E-state index in [0.717, 1.165) is 17.7 Å². The van der Waals surface area contributed by atoms with Crippen molar-refractivity contribution in [1.29, 1.82) is 0 Å². The van der Waals surface area contributed by atoms with Crippen molar-refractivity contribution >= 4 is 51.1 Å². The Morgan fingerprint density at radius 1 is 1.30 bits per heavy atom. The summed E-state index contributed by atoms with van der Waals surface area (Å²) < 4.78 is 1.69. The summed E-state index contributed by atoms with van der Waals surface area (Å²) in [6.07, 6.45) is 2.36. The Bertz CT molecular complexity index is 1150. The average molecular weight is 385 g/mol. The maximum atomic E-state index is 13.2. The van der Waals surface area contributed by atoms with Crippen molar-refractivity contribution in [3.8, 4) is 0 Å². The number of halogens is 1. The number of fused-ring (bicyclic) bond motifs is 2. The highest BCUT2D eigenvalue weighted by Crippen LogP contribution is 2.33. The molecule has 6 heteroatoms. The predicted octanol–water partition coefficient (Wildman–Crippen LogP) is 4.16. The van der Waals surface area contributed by atoms with Crippen molar-refractivity contribution in [2.45, 2.75) is 19.9 Å². The Balaban J connectivity index is 2.67. The molecule has 0 aliphatic carbocycles. The van der Waals surface area contributed by atoms with E-state index in [1.54, 1.807) is 28.8 Å².